The molecule has 130 valence electrons. The lowest BCUT2D eigenvalue weighted by atomic mass is 10.2. The van der Waals surface area contributed by atoms with Crippen molar-refractivity contribution in [1.29, 1.82) is 0 Å². The molecule has 0 saturated carbocycles. The lowest BCUT2D eigenvalue weighted by Gasteiger charge is -2.37. The number of hydrogen-bond acceptors (Lipinski definition) is 5. The van der Waals surface area contributed by atoms with Gasteiger partial charge < -0.3 is 4.74 Å². The van der Waals surface area contributed by atoms with Gasteiger partial charge in [-0.3, -0.25) is 0 Å². The van der Waals surface area contributed by atoms with Crippen LogP contribution in [0.2, 0.25) is 0 Å². The highest BCUT2D eigenvalue weighted by atomic mass is 32.2. The summed E-state index contributed by atoms with van der Waals surface area (Å²) < 4.78 is 46.3. The van der Waals surface area contributed by atoms with Crippen molar-refractivity contribution in [2.24, 2.45) is 0 Å². The van der Waals surface area contributed by atoms with Gasteiger partial charge in [-0.05, 0) is 36.8 Å². The second-order valence-corrected chi connectivity index (χ2v) is 8.85. The van der Waals surface area contributed by atoms with Crippen LogP contribution in [0.5, 0.6) is 5.19 Å². The van der Waals surface area contributed by atoms with Crippen LogP contribution >= 0.6 is 11.3 Å². The summed E-state index contributed by atoms with van der Waals surface area (Å²) in [5, 5.41) is 0.539. The Hall–Kier alpha value is -2.03. The number of aromatic nitrogens is 1. The summed E-state index contributed by atoms with van der Waals surface area (Å²) in [4.78, 5) is 4.43. The molecule has 0 N–H and O–H groups in total. The quantitative estimate of drug-likeness (QED) is 0.700. The molecule has 1 fully saturated rings. The monoisotopic (exact) mass is 378 g/mol. The van der Waals surface area contributed by atoms with Gasteiger partial charge in [0.2, 0.25) is 10.0 Å². The average molecular weight is 378 g/mol. The summed E-state index contributed by atoms with van der Waals surface area (Å²) in [5.74, 6) is -0.570. The number of hydrogen-bond donors (Lipinski definition) is 0. The zero-order valence-corrected chi connectivity index (χ0v) is 15.0. The number of fused-ring (bicyclic) bond motifs is 1. The maximum atomic E-state index is 13.3. The van der Waals surface area contributed by atoms with E-state index in [1.807, 2.05) is 25.1 Å². The summed E-state index contributed by atoms with van der Waals surface area (Å²) in [6, 6.07) is 11.0. The highest BCUT2D eigenvalue weighted by molar-refractivity contribution is 7.89. The first kappa shape index (κ1) is 16.4. The first-order chi connectivity index (χ1) is 11.9. The second kappa shape index (κ2) is 6.05. The van der Waals surface area contributed by atoms with Crippen molar-refractivity contribution in [2.45, 2.75) is 17.9 Å². The minimum Gasteiger partial charge on any atom is -0.464 e. The molecular weight excluding hydrogens is 363 g/mol. The van der Waals surface area contributed by atoms with Crippen LogP contribution in [0.15, 0.2) is 47.4 Å². The van der Waals surface area contributed by atoms with Gasteiger partial charge in [0.15, 0.2) is 0 Å². The number of benzene rings is 2. The van der Waals surface area contributed by atoms with E-state index in [1.165, 1.54) is 33.8 Å². The normalized spacial score (nSPS) is 16.1. The lowest BCUT2D eigenvalue weighted by Crippen LogP contribution is -2.55. The summed E-state index contributed by atoms with van der Waals surface area (Å²) >= 11 is 1.45. The standard InChI is InChI=1S/C17H15FN2O3S2/c1-11-4-2-7-15-16(11)19-17(24-15)23-13-9-20(10-13)25(21,22)14-6-3-5-12(18)8-14/h2-8,13H,9-10H2,1H3. The van der Waals surface area contributed by atoms with E-state index in [-0.39, 0.29) is 24.1 Å². The molecule has 1 aromatic heterocycles. The third kappa shape index (κ3) is 3.01. The molecule has 0 bridgehead atoms. The first-order valence-corrected chi connectivity index (χ1v) is 9.98. The Morgan fingerprint density at radius 1 is 1.24 bits per heavy atom. The van der Waals surface area contributed by atoms with Gasteiger partial charge in [0.1, 0.15) is 11.9 Å². The second-order valence-electron chi connectivity index (χ2n) is 5.92. The van der Waals surface area contributed by atoms with Gasteiger partial charge in [0.25, 0.3) is 5.19 Å². The molecule has 2 aromatic carbocycles. The Morgan fingerprint density at radius 3 is 2.72 bits per heavy atom. The van der Waals surface area contributed by atoms with Gasteiger partial charge >= 0.3 is 0 Å². The van der Waals surface area contributed by atoms with Gasteiger partial charge in [-0.15, -0.1) is 0 Å². The van der Waals surface area contributed by atoms with Gasteiger partial charge in [0.05, 0.1) is 28.2 Å². The zero-order valence-electron chi connectivity index (χ0n) is 13.3. The fourth-order valence-corrected chi connectivity index (χ4v) is 5.20. The summed E-state index contributed by atoms with van der Waals surface area (Å²) in [7, 11) is -3.68. The number of nitrogens with zero attached hydrogens (tertiary/aromatic N) is 2. The Labute approximate surface area is 148 Å². The number of aryl methyl sites for hydroxylation is 1. The van der Waals surface area contributed by atoms with E-state index in [0.717, 1.165) is 21.8 Å². The SMILES string of the molecule is Cc1cccc2sc(OC3CN(S(=O)(=O)c4cccc(F)c4)C3)nc12. The Morgan fingerprint density at radius 2 is 2.00 bits per heavy atom. The number of sulfonamides is 1. The first-order valence-electron chi connectivity index (χ1n) is 7.72. The van der Waals surface area contributed by atoms with Crippen LogP contribution in [0.3, 0.4) is 0 Å². The Balaban J connectivity index is 1.45. The van der Waals surface area contributed by atoms with E-state index in [0.29, 0.717) is 5.19 Å². The van der Waals surface area contributed by atoms with Crippen LogP contribution in [0.25, 0.3) is 10.2 Å². The van der Waals surface area contributed by atoms with E-state index in [2.05, 4.69) is 4.98 Å². The van der Waals surface area contributed by atoms with Crippen LogP contribution in [-0.4, -0.2) is 36.9 Å². The minimum atomic E-state index is -3.68. The van der Waals surface area contributed by atoms with Crippen LogP contribution in [0.1, 0.15) is 5.56 Å². The van der Waals surface area contributed by atoms with Crippen molar-refractivity contribution >= 4 is 31.6 Å². The minimum absolute atomic E-state index is 0.0402. The highest BCUT2D eigenvalue weighted by Crippen LogP contribution is 2.32. The highest BCUT2D eigenvalue weighted by Gasteiger charge is 2.38. The molecule has 4 rings (SSSR count). The molecule has 2 heterocycles. The van der Waals surface area contributed by atoms with Crippen LogP contribution in [0.4, 0.5) is 4.39 Å². The van der Waals surface area contributed by atoms with E-state index < -0.39 is 15.8 Å². The average Bonchev–Trinajstić information content (AvgIpc) is 2.94. The number of rotatable bonds is 4. The number of thiazole rings is 1. The summed E-state index contributed by atoms with van der Waals surface area (Å²) in [5.41, 5.74) is 1.98. The largest absolute Gasteiger partial charge is 0.464 e. The lowest BCUT2D eigenvalue weighted by molar-refractivity contribution is 0.0761. The Kier molecular flexibility index (Phi) is 3.98. The van der Waals surface area contributed by atoms with Crippen LogP contribution in [-0.2, 0) is 10.0 Å². The van der Waals surface area contributed by atoms with Crippen molar-refractivity contribution in [1.82, 2.24) is 9.29 Å². The van der Waals surface area contributed by atoms with Gasteiger partial charge in [0, 0.05) is 0 Å². The molecule has 0 atom stereocenters. The predicted molar refractivity (Wildman–Crippen MR) is 93.9 cm³/mol. The van der Waals surface area contributed by atoms with E-state index >= 15 is 0 Å². The fraction of sp³-hybridized carbons (Fsp3) is 0.235. The maximum absolute atomic E-state index is 13.3. The zero-order chi connectivity index (χ0) is 17.6. The molecule has 1 saturated heterocycles. The summed E-state index contributed by atoms with van der Waals surface area (Å²) in [6.45, 7) is 2.45. The van der Waals surface area contributed by atoms with E-state index in [9.17, 15) is 12.8 Å². The van der Waals surface area contributed by atoms with Crippen molar-refractivity contribution in [3.63, 3.8) is 0 Å². The number of ether oxygens (including phenoxy) is 1. The number of para-hydroxylation sites is 1. The van der Waals surface area contributed by atoms with Crippen molar-refractivity contribution in [3.8, 4) is 5.19 Å². The van der Waals surface area contributed by atoms with Crippen LogP contribution in [0, 0.1) is 12.7 Å². The number of halogens is 1. The smallest absolute Gasteiger partial charge is 0.274 e. The predicted octanol–water partition coefficient (Wildman–Crippen LogP) is 3.20. The maximum Gasteiger partial charge on any atom is 0.274 e. The van der Waals surface area contributed by atoms with Crippen molar-refractivity contribution < 1.29 is 17.5 Å². The molecule has 0 amide bonds. The fourth-order valence-electron chi connectivity index (χ4n) is 2.71. The molecule has 3 aromatic rings. The van der Waals surface area contributed by atoms with E-state index in [4.69, 9.17) is 4.74 Å². The topological polar surface area (TPSA) is 59.5 Å². The van der Waals surface area contributed by atoms with Gasteiger partial charge in [-0.2, -0.15) is 4.31 Å². The molecule has 0 unspecified atom stereocenters. The Bertz CT molecular complexity index is 1040. The molecule has 1 aliphatic heterocycles. The van der Waals surface area contributed by atoms with Crippen molar-refractivity contribution in [2.75, 3.05) is 13.1 Å². The third-order valence-corrected chi connectivity index (χ3v) is 6.86. The van der Waals surface area contributed by atoms with Crippen LogP contribution < -0.4 is 4.74 Å². The summed E-state index contributed by atoms with van der Waals surface area (Å²) in [6.07, 6.45) is -0.246. The molecule has 0 radical (unpaired) electrons. The van der Waals surface area contributed by atoms with Gasteiger partial charge in [-0.25, -0.2) is 17.8 Å². The molecular formula is C17H15FN2O3S2. The molecule has 0 spiro atoms. The van der Waals surface area contributed by atoms with Crippen molar-refractivity contribution in [3.05, 3.63) is 53.8 Å². The van der Waals surface area contributed by atoms with E-state index in [1.54, 1.807) is 0 Å². The molecule has 5 nitrogen and oxygen atoms in total. The molecule has 0 aliphatic carbocycles. The molecule has 25 heavy (non-hydrogen) atoms. The molecule has 1 aliphatic rings. The molecule has 8 heteroatoms. The third-order valence-electron chi connectivity index (χ3n) is 4.12. The van der Waals surface area contributed by atoms with Gasteiger partial charge in [-0.1, -0.05) is 29.5 Å².